The first-order chi connectivity index (χ1) is 11.4. The molecule has 0 spiro atoms. The van der Waals surface area contributed by atoms with Crippen LogP contribution in [-0.2, 0) is 0 Å². The topological polar surface area (TPSA) is 0 Å². The Balaban J connectivity index is 3.22. The first-order valence-corrected chi connectivity index (χ1v) is 8.11. The lowest BCUT2D eigenvalue weighted by Gasteiger charge is -2.40. The first-order valence-electron chi connectivity index (χ1n) is 6.16. The highest BCUT2D eigenvalue weighted by Gasteiger charge is 2.81. The molecule has 0 saturated carbocycles. The maximum absolute atomic E-state index is 13.2. The number of benzene rings is 1. The van der Waals surface area contributed by atoms with E-state index in [2.05, 4.69) is 0 Å². The zero-order valence-electron chi connectivity index (χ0n) is 12.2. The van der Waals surface area contributed by atoms with Crippen LogP contribution < -0.4 is 0 Å². The van der Waals surface area contributed by atoms with Crippen molar-refractivity contribution in [3.8, 4) is 0 Å². The van der Waals surface area contributed by atoms with Crippen LogP contribution in [0.3, 0.4) is 0 Å². The Morgan fingerprint density at radius 2 is 1.04 bits per heavy atom. The van der Waals surface area contributed by atoms with Gasteiger partial charge in [0.05, 0.1) is 0 Å². The molecule has 0 aliphatic heterocycles. The van der Waals surface area contributed by atoms with Crippen molar-refractivity contribution in [2.24, 2.45) is 0 Å². The Hall–Kier alpha value is -1.67. The highest BCUT2D eigenvalue weighted by Crippen LogP contribution is 3.02. The van der Waals surface area contributed by atoms with Crippen LogP contribution in [0.4, 0.5) is 58.9 Å². The van der Waals surface area contributed by atoms with Crippen LogP contribution >= 0.6 is 10.2 Å². The molecule has 0 N–H and O–H groups in total. The minimum Gasteiger partial charge on any atom is -0.195 e. The fourth-order valence-corrected chi connectivity index (χ4v) is 2.18. The molecule has 0 fully saturated rings. The van der Waals surface area contributed by atoms with Crippen LogP contribution in [0.25, 0.3) is 6.08 Å². The average Bonchev–Trinajstić information content (AvgIpc) is 2.41. The van der Waals surface area contributed by atoms with Gasteiger partial charge in [-0.15, -0.1) is 0 Å². The van der Waals surface area contributed by atoms with Crippen LogP contribution in [0.5, 0.6) is 0 Å². The maximum Gasteiger partial charge on any atom is 0.460 e. The number of rotatable bonds is 5. The summed E-state index contributed by atoms with van der Waals surface area (Å²) in [6.07, 6.45) is -8.37. The molecule has 0 atom stereocenters. The van der Waals surface area contributed by atoms with E-state index in [4.69, 9.17) is 0 Å². The molecule has 0 nitrogen and oxygen atoms in total. The summed E-state index contributed by atoms with van der Waals surface area (Å²) in [5.41, 5.74) is -0.883. The molecule has 27 heavy (non-hydrogen) atoms. The van der Waals surface area contributed by atoms with Gasteiger partial charge in [-0.1, -0.05) is 37.6 Å². The van der Waals surface area contributed by atoms with Crippen molar-refractivity contribution in [1.82, 2.24) is 0 Å². The Kier molecular flexibility index (Phi) is 4.71. The zero-order valence-corrected chi connectivity index (χ0v) is 13.0. The van der Waals surface area contributed by atoms with E-state index in [1.807, 2.05) is 0 Å². The minimum atomic E-state index is -10.1. The molecule has 1 aromatic carbocycles. The smallest absolute Gasteiger partial charge is 0.195 e. The maximum atomic E-state index is 13.2. The molecule has 0 radical (unpaired) electrons. The van der Waals surface area contributed by atoms with Gasteiger partial charge in [0.1, 0.15) is 4.90 Å². The van der Waals surface area contributed by atoms with E-state index in [9.17, 15) is 58.9 Å². The van der Waals surface area contributed by atoms with Crippen molar-refractivity contribution in [1.29, 1.82) is 0 Å². The lowest BCUT2D eigenvalue weighted by molar-refractivity contribution is -0.388. The van der Waals surface area contributed by atoms with Crippen LogP contribution in [0.15, 0.2) is 35.2 Å². The van der Waals surface area contributed by atoms with Crippen molar-refractivity contribution in [3.05, 3.63) is 35.9 Å². The monoisotopic (exact) mass is 448 g/mol. The Labute approximate surface area is 141 Å². The van der Waals surface area contributed by atoms with Crippen LogP contribution in [0.1, 0.15) is 5.56 Å². The van der Waals surface area contributed by atoms with E-state index < -0.39 is 50.7 Å². The fraction of sp³-hybridized carbons (Fsp3) is 0.333. The number of alkyl halides is 9. The van der Waals surface area contributed by atoms with Gasteiger partial charge < -0.3 is 0 Å². The summed E-state index contributed by atoms with van der Waals surface area (Å²) in [7, 11) is -10.1. The molecule has 1 rings (SSSR count). The van der Waals surface area contributed by atoms with Crippen molar-refractivity contribution in [2.75, 3.05) is 0 Å². The number of allylic oxidation sites excluding steroid dienone is 1. The summed E-state index contributed by atoms with van der Waals surface area (Å²) in [5.74, 6) is -20.2. The predicted molar refractivity (Wildman–Crippen MR) is 67.8 cm³/mol. The molecule has 0 aliphatic rings. The summed E-state index contributed by atoms with van der Waals surface area (Å²) < 4.78 is 175. The van der Waals surface area contributed by atoms with E-state index in [0.717, 1.165) is 0 Å². The second-order valence-corrected chi connectivity index (χ2v) is 7.55. The Morgan fingerprint density at radius 1 is 0.630 bits per heavy atom. The quantitative estimate of drug-likeness (QED) is 0.403. The van der Waals surface area contributed by atoms with Gasteiger partial charge in [-0.25, -0.2) is 0 Å². The summed E-state index contributed by atoms with van der Waals surface area (Å²) in [6.45, 7) is 0. The summed E-state index contributed by atoms with van der Waals surface area (Å²) in [6, 6.07) is -0.413. The van der Waals surface area contributed by atoms with Gasteiger partial charge in [-0.2, -0.15) is 39.5 Å². The number of hydrogen-bond donors (Lipinski definition) is 0. The van der Waals surface area contributed by atoms with Crippen LogP contribution in [-0.4, -0.2) is 23.9 Å². The Morgan fingerprint density at radius 3 is 1.37 bits per heavy atom. The molecule has 0 unspecified atom stereocenters. The van der Waals surface area contributed by atoms with E-state index in [-0.39, 0.29) is 30.3 Å². The second-order valence-electron chi connectivity index (χ2n) is 5.14. The predicted octanol–water partition coefficient (Wildman–Crippen LogP) is 7.83. The molecule has 0 aromatic heterocycles. The van der Waals surface area contributed by atoms with Gasteiger partial charge in [0, 0.05) is 0 Å². The van der Waals surface area contributed by atoms with Gasteiger partial charge in [0.15, 0.2) is 0 Å². The molecule has 0 bridgehead atoms. The molecular formula is C12H6F14S. The molecule has 0 saturated heterocycles. The minimum absolute atomic E-state index is 0.0971. The number of halogens is 14. The van der Waals surface area contributed by atoms with Crippen molar-refractivity contribution in [2.45, 2.75) is 28.8 Å². The lowest BCUT2D eigenvalue weighted by atomic mass is 10.0. The van der Waals surface area contributed by atoms with Gasteiger partial charge >= 0.3 is 34.2 Å². The number of hydrogen-bond acceptors (Lipinski definition) is 0. The summed E-state index contributed by atoms with van der Waals surface area (Å²) in [4.78, 5) is -2.46. The standard InChI is InChI=1S/C12H6F14S/c13-9(14,10(15,16)11(17,18)12(19,20)21)6-5-7-1-3-8(4-2-7)27(22,23,24,25)26/h1-6H/b6-5+. The van der Waals surface area contributed by atoms with Gasteiger partial charge in [-0.05, 0) is 23.8 Å². The van der Waals surface area contributed by atoms with Gasteiger partial charge in [0.2, 0.25) is 0 Å². The molecule has 158 valence electrons. The highest BCUT2D eigenvalue weighted by atomic mass is 32.5. The fourth-order valence-electron chi connectivity index (χ4n) is 1.53. The Bertz CT molecular complexity index is 722. The largest absolute Gasteiger partial charge is 0.460 e. The van der Waals surface area contributed by atoms with E-state index in [1.54, 1.807) is 0 Å². The van der Waals surface area contributed by atoms with Crippen LogP contribution in [0, 0.1) is 0 Å². The third kappa shape index (κ3) is 4.60. The summed E-state index contributed by atoms with van der Waals surface area (Å²) >= 11 is 0. The van der Waals surface area contributed by atoms with E-state index in [0.29, 0.717) is 0 Å². The lowest BCUT2D eigenvalue weighted by Crippen LogP contribution is -2.60. The second kappa shape index (κ2) is 5.44. The highest BCUT2D eigenvalue weighted by molar-refractivity contribution is 8.45. The first kappa shape index (κ1) is 23.4. The third-order valence-corrected chi connectivity index (χ3v) is 4.14. The SMILES string of the molecule is FC(F)(F)C(F)(F)C(F)(F)C(F)(F)/C=C/c1ccc(S(F)(F)(F)(F)F)cc1. The summed E-state index contributed by atoms with van der Waals surface area (Å²) in [5, 5.41) is 0. The molecular weight excluding hydrogens is 442 g/mol. The average molecular weight is 448 g/mol. The van der Waals surface area contributed by atoms with Crippen molar-refractivity contribution < 1.29 is 58.9 Å². The third-order valence-electron chi connectivity index (χ3n) is 2.98. The van der Waals surface area contributed by atoms with Crippen LogP contribution in [0.2, 0.25) is 0 Å². The zero-order chi connectivity index (χ0) is 21.8. The van der Waals surface area contributed by atoms with Gasteiger partial charge in [0.25, 0.3) is 0 Å². The molecule has 0 amide bonds. The van der Waals surface area contributed by atoms with Gasteiger partial charge in [-0.3, -0.25) is 0 Å². The molecule has 15 heteroatoms. The molecule has 0 aliphatic carbocycles. The van der Waals surface area contributed by atoms with E-state index in [1.165, 1.54) is 0 Å². The molecule has 0 heterocycles. The normalized spacial score (nSPS) is 17.7. The van der Waals surface area contributed by atoms with E-state index >= 15 is 0 Å². The van der Waals surface area contributed by atoms with Crippen molar-refractivity contribution in [3.63, 3.8) is 0 Å². The van der Waals surface area contributed by atoms with Crippen molar-refractivity contribution >= 4 is 16.3 Å². The molecule has 1 aromatic rings.